The maximum atomic E-state index is 11.6. The van der Waals surface area contributed by atoms with Gasteiger partial charge in [-0.1, -0.05) is 12.1 Å². The maximum Gasteiger partial charge on any atom is 0.338 e. The van der Waals surface area contributed by atoms with Gasteiger partial charge in [0.1, 0.15) is 6.61 Å². The lowest BCUT2D eigenvalue weighted by Gasteiger charge is -2.05. The summed E-state index contributed by atoms with van der Waals surface area (Å²) < 4.78 is 9.80. The highest BCUT2D eigenvalue weighted by molar-refractivity contribution is 5.89. The average molecular weight is 223 g/mol. The van der Waals surface area contributed by atoms with Gasteiger partial charge in [0.25, 0.3) is 0 Å². The molecule has 0 aromatic heterocycles. The van der Waals surface area contributed by atoms with Crippen molar-refractivity contribution in [2.24, 2.45) is 5.73 Å². The molecule has 1 aromatic carbocycles. The van der Waals surface area contributed by atoms with Crippen molar-refractivity contribution in [3.8, 4) is 0 Å². The molecule has 0 unspecified atom stereocenters. The van der Waals surface area contributed by atoms with Crippen molar-refractivity contribution in [1.29, 1.82) is 0 Å². The van der Waals surface area contributed by atoms with Gasteiger partial charge in [0, 0.05) is 7.11 Å². The van der Waals surface area contributed by atoms with Gasteiger partial charge in [0.15, 0.2) is 0 Å². The Labute approximate surface area is 95.3 Å². The van der Waals surface area contributed by atoms with Crippen LogP contribution in [-0.2, 0) is 15.9 Å². The van der Waals surface area contributed by atoms with E-state index in [-0.39, 0.29) is 12.6 Å². The summed E-state index contributed by atoms with van der Waals surface area (Å²) in [7, 11) is 1.57. The van der Waals surface area contributed by atoms with Gasteiger partial charge in [-0.3, -0.25) is 0 Å². The Hall–Kier alpha value is -1.39. The Morgan fingerprint density at radius 3 is 2.88 bits per heavy atom. The van der Waals surface area contributed by atoms with Crippen molar-refractivity contribution in [2.45, 2.75) is 6.42 Å². The molecule has 0 heterocycles. The number of benzene rings is 1. The van der Waals surface area contributed by atoms with Crippen molar-refractivity contribution >= 4 is 5.97 Å². The predicted molar refractivity (Wildman–Crippen MR) is 61.4 cm³/mol. The number of rotatable bonds is 6. The summed E-state index contributed by atoms with van der Waals surface area (Å²) in [5.41, 5.74) is 7.05. The normalized spacial score (nSPS) is 10.1. The number of carbonyl (C=O) groups is 1. The summed E-state index contributed by atoms with van der Waals surface area (Å²) in [4.78, 5) is 11.6. The lowest BCUT2D eigenvalue weighted by atomic mass is 10.1. The van der Waals surface area contributed by atoms with Crippen molar-refractivity contribution in [3.05, 3.63) is 35.4 Å². The Morgan fingerprint density at radius 1 is 1.38 bits per heavy atom. The van der Waals surface area contributed by atoms with Crippen molar-refractivity contribution in [2.75, 3.05) is 26.9 Å². The molecule has 0 bridgehead atoms. The van der Waals surface area contributed by atoms with Crippen LogP contribution in [-0.4, -0.2) is 32.8 Å². The minimum atomic E-state index is -0.323. The topological polar surface area (TPSA) is 61.5 Å². The Balaban J connectivity index is 2.57. The highest BCUT2D eigenvalue weighted by Gasteiger charge is 2.06. The molecule has 88 valence electrons. The van der Waals surface area contributed by atoms with Crippen molar-refractivity contribution < 1.29 is 14.3 Å². The second-order valence-electron chi connectivity index (χ2n) is 3.37. The summed E-state index contributed by atoms with van der Waals surface area (Å²) in [6.07, 6.45) is 0.763. The van der Waals surface area contributed by atoms with Crippen LogP contribution < -0.4 is 5.73 Å². The smallest absolute Gasteiger partial charge is 0.338 e. The number of hydrogen-bond acceptors (Lipinski definition) is 4. The molecule has 0 saturated heterocycles. The van der Waals surface area contributed by atoms with Crippen molar-refractivity contribution in [3.63, 3.8) is 0 Å². The summed E-state index contributed by atoms with van der Waals surface area (Å²) >= 11 is 0. The fraction of sp³-hybridized carbons (Fsp3) is 0.417. The van der Waals surface area contributed by atoms with E-state index in [0.717, 1.165) is 12.0 Å². The fourth-order valence-electron chi connectivity index (χ4n) is 1.32. The molecule has 4 heteroatoms. The van der Waals surface area contributed by atoms with Gasteiger partial charge in [-0.2, -0.15) is 0 Å². The third-order valence-corrected chi connectivity index (χ3v) is 2.12. The molecular weight excluding hydrogens is 206 g/mol. The number of carbonyl (C=O) groups excluding carboxylic acids is 1. The highest BCUT2D eigenvalue weighted by Crippen LogP contribution is 2.07. The third-order valence-electron chi connectivity index (χ3n) is 2.12. The molecule has 0 aliphatic rings. The zero-order valence-corrected chi connectivity index (χ0v) is 9.44. The van der Waals surface area contributed by atoms with Gasteiger partial charge >= 0.3 is 5.97 Å². The third kappa shape index (κ3) is 4.00. The molecule has 1 aromatic rings. The second kappa shape index (κ2) is 6.98. The number of esters is 1. The van der Waals surface area contributed by atoms with E-state index >= 15 is 0 Å². The molecule has 0 radical (unpaired) electrons. The SMILES string of the molecule is COCCOC(=O)c1cccc(CCN)c1. The molecule has 16 heavy (non-hydrogen) atoms. The van der Waals surface area contributed by atoms with E-state index in [1.165, 1.54) is 0 Å². The van der Waals surface area contributed by atoms with Crippen LogP contribution in [0.3, 0.4) is 0 Å². The predicted octanol–water partition coefficient (Wildman–Crippen LogP) is 0.991. The van der Waals surface area contributed by atoms with E-state index in [2.05, 4.69) is 0 Å². The number of ether oxygens (including phenoxy) is 2. The first-order valence-corrected chi connectivity index (χ1v) is 5.23. The first-order valence-electron chi connectivity index (χ1n) is 5.23. The van der Waals surface area contributed by atoms with Gasteiger partial charge < -0.3 is 15.2 Å². The first kappa shape index (κ1) is 12.7. The van der Waals surface area contributed by atoms with Gasteiger partial charge in [-0.25, -0.2) is 4.79 Å². The molecule has 0 spiro atoms. The van der Waals surface area contributed by atoms with Crippen LogP contribution >= 0.6 is 0 Å². The maximum absolute atomic E-state index is 11.6. The number of methoxy groups -OCH3 is 1. The van der Waals surface area contributed by atoms with E-state index in [1.807, 2.05) is 18.2 Å². The zero-order valence-electron chi connectivity index (χ0n) is 9.44. The quantitative estimate of drug-likeness (QED) is 0.577. The second-order valence-corrected chi connectivity index (χ2v) is 3.37. The van der Waals surface area contributed by atoms with Crippen molar-refractivity contribution in [1.82, 2.24) is 0 Å². The molecule has 0 atom stereocenters. The average Bonchev–Trinajstić information content (AvgIpc) is 2.30. The van der Waals surface area contributed by atoms with E-state index in [1.54, 1.807) is 13.2 Å². The molecule has 0 aliphatic heterocycles. The summed E-state index contributed by atoms with van der Waals surface area (Å²) in [5.74, 6) is -0.323. The minimum absolute atomic E-state index is 0.274. The van der Waals surface area contributed by atoms with Crippen LogP contribution in [0.1, 0.15) is 15.9 Å². The molecule has 4 nitrogen and oxygen atoms in total. The van der Waals surface area contributed by atoms with Gasteiger partial charge in [0.05, 0.1) is 12.2 Å². The Morgan fingerprint density at radius 2 is 2.19 bits per heavy atom. The Kier molecular flexibility index (Phi) is 5.53. The largest absolute Gasteiger partial charge is 0.460 e. The number of nitrogens with two attached hydrogens (primary N) is 1. The first-order chi connectivity index (χ1) is 7.77. The van der Waals surface area contributed by atoms with Crippen LogP contribution in [0.15, 0.2) is 24.3 Å². The van der Waals surface area contributed by atoms with Crippen LogP contribution in [0.5, 0.6) is 0 Å². The van der Waals surface area contributed by atoms with Gasteiger partial charge in [-0.15, -0.1) is 0 Å². The van der Waals surface area contributed by atoms with Crippen LogP contribution in [0.4, 0.5) is 0 Å². The molecule has 0 aliphatic carbocycles. The fourth-order valence-corrected chi connectivity index (χ4v) is 1.32. The van der Waals surface area contributed by atoms with E-state index in [0.29, 0.717) is 18.7 Å². The van der Waals surface area contributed by atoms with E-state index in [4.69, 9.17) is 15.2 Å². The number of hydrogen-bond donors (Lipinski definition) is 1. The molecule has 0 fully saturated rings. The molecule has 0 amide bonds. The minimum Gasteiger partial charge on any atom is -0.460 e. The van der Waals surface area contributed by atoms with Crippen LogP contribution in [0.25, 0.3) is 0 Å². The lowest BCUT2D eigenvalue weighted by Crippen LogP contribution is -2.10. The summed E-state index contributed by atoms with van der Waals surface area (Å²) in [6, 6.07) is 7.31. The van der Waals surface area contributed by atoms with Crippen LogP contribution in [0, 0.1) is 0 Å². The van der Waals surface area contributed by atoms with Crippen LogP contribution in [0.2, 0.25) is 0 Å². The zero-order chi connectivity index (χ0) is 11.8. The molecule has 0 saturated carbocycles. The lowest BCUT2D eigenvalue weighted by molar-refractivity contribution is 0.0388. The van der Waals surface area contributed by atoms with Gasteiger partial charge in [0.2, 0.25) is 0 Å². The standard InChI is InChI=1S/C12H17NO3/c1-15-7-8-16-12(14)11-4-2-3-10(9-11)5-6-13/h2-4,9H,5-8,13H2,1H3. The van der Waals surface area contributed by atoms with E-state index < -0.39 is 0 Å². The monoisotopic (exact) mass is 223 g/mol. The highest BCUT2D eigenvalue weighted by atomic mass is 16.6. The summed E-state index contributed by atoms with van der Waals surface area (Å²) in [5, 5.41) is 0. The molecule has 1 rings (SSSR count). The summed E-state index contributed by atoms with van der Waals surface area (Å²) in [6.45, 7) is 1.26. The van der Waals surface area contributed by atoms with E-state index in [9.17, 15) is 4.79 Å². The Bertz CT molecular complexity index is 339. The molecule has 2 N–H and O–H groups in total. The van der Waals surface area contributed by atoms with Gasteiger partial charge in [-0.05, 0) is 30.7 Å². The molecular formula is C12H17NO3.